The third kappa shape index (κ3) is 1.28. The summed E-state index contributed by atoms with van der Waals surface area (Å²) in [5.41, 5.74) is 15.5. The van der Waals surface area contributed by atoms with Crippen molar-refractivity contribution in [3.63, 3.8) is 0 Å². The number of hydrogen-bond donors (Lipinski definition) is 1. The van der Waals surface area contributed by atoms with E-state index in [0.717, 1.165) is 16.8 Å². The van der Waals surface area contributed by atoms with Crippen molar-refractivity contribution >= 4 is 5.69 Å². The molecule has 0 saturated carbocycles. The number of hydrogen-bond acceptors (Lipinski definition) is 1. The summed E-state index contributed by atoms with van der Waals surface area (Å²) in [5, 5.41) is 0. The van der Waals surface area contributed by atoms with Gasteiger partial charge in [-0.25, -0.2) is 0 Å². The van der Waals surface area contributed by atoms with Gasteiger partial charge in [0.05, 0.1) is 0 Å². The summed E-state index contributed by atoms with van der Waals surface area (Å²) in [6.45, 7) is 2.27. The van der Waals surface area contributed by atoms with Gasteiger partial charge in [-0.1, -0.05) is 17.7 Å². The second kappa shape index (κ2) is 2.71. The van der Waals surface area contributed by atoms with Crippen LogP contribution in [0.4, 0.5) is 5.69 Å². The quantitative estimate of drug-likeness (QED) is 0.581. The first kappa shape index (κ1) is 7.09. The van der Waals surface area contributed by atoms with Gasteiger partial charge in [0.1, 0.15) is 0 Å². The predicted molar refractivity (Wildman–Crippen MR) is 42.4 cm³/mol. The lowest BCUT2D eigenvalue weighted by Gasteiger charge is -2.01. The number of anilines is 1. The van der Waals surface area contributed by atoms with E-state index in [0.29, 0.717) is 0 Å². The Morgan fingerprint density at radius 3 is 2.70 bits per heavy atom. The molecule has 53 valence electrons. The molecular weight excluding hydrogens is 124 g/mol. The lowest BCUT2D eigenvalue weighted by Crippen LogP contribution is -1.94. The fourth-order valence-electron chi connectivity index (χ4n) is 0.888. The van der Waals surface area contributed by atoms with Gasteiger partial charge < -0.3 is 5.73 Å². The van der Waals surface area contributed by atoms with E-state index in [1.54, 1.807) is 0 Å². The van der Waals surface area contributed by atoms with Crippen LogP contribution < -0.4 is 11.5 Å². The van der Waals surface area contributed by atoms with Gasteiger partial charge in [0.2, 0.25) is 0 Å². The van der Waals surface area contributed by atoms with E-state index >= 15 is 0 Å². The number of aryl methyl sites for hydroxylation is 1. The standard InChI is InChI=1S/C8H11N2/c1-6-2-3-8(10)7(4-6)5-9/h2-4,9H,5,10H2,1H3. The van der Waals surface area contributed by atoms with Crippen LogP contribution in [0.25, 0.3) is 0 Å². The topological polar surface area (TPSA) is 49.8 Å². The smallest absolute Gasteiger partial charge is 0.0371 e. The van der Waals surface area contributed by atoms with Crippen LogP contribution in [-0.2, 0) is 6.54 Å². The van der Waals surface area contributed by atoms with Crippen molar-refractivity contribution in [2.75, 3.05) is 5.73 Å². The third-order valence-corrected chi connectivity index (χ3v) is 1.49. The first-order valence-corrected chi connectivity index (χ1v) is 3.23. The molecule has 0 spiro atoms. The maximum Gasteiger partial charge on any atom is 0.0371 e. The van der Waals surface area contributed by atoms with E-state index in [1.807, 2.05) is 25.1 Å². The van der Waals surface area contributed by atoms with Crippen molar-refractivity contribution in [2.45, 2.75) is 13.5 Å². The van der Waals surface area contributed by atoms with Gasteiger partial charge in [0.15, 0.2) is 0 Å². The SMILES string of the molecule is Cc1ccc(N)c(C[NH])c1. The van der Waals surface area contributed by atoms with Crippen molar-refractivity contribution in [1.29, 1.82) is 0 Å². The monoisotopic (exact) mass is 135 g/mol. The molecule has 0 aliphatic heterocycles. The van der Waals surface area contributed by atoms with E-state index < -0.39 is 0 Å². The van der Waals surface area contributed by atoms with Crippen LogP contribution in [0.15, 0.2) is 18.2 Å². The van der Waals surface area contributed by atoms with E-state index in [9.17, 15) is 0 Å². The molecule has 0 fully saturated rings. The first-order chi connectivity index (χ1) is 4.74. The van der Waals surface area contributed by atoms with Crippen molar-refractivity contribution in [1.82, 2.24) is 5.73 Å². The Morgan fingerprint density at radius 2 is 2.20 bits per heavy atom. The van der Waals surface area contributed by atoms with Crippen molar-refractivity contribution in [2.24, 2.45) is 0 Å². The first-order valence-electron chi connectivity index (χ1n) is 3.23. The maximum atomic E-state index is 7.10. The van der Waals surface area contributed by atoms with Crippen LogP contribution in [0, 0.1) is 6.92 Å². The van der Waals surface area contributed by atoms with Gasteiger partial charge in [-0.2, -0.15) is 0 Å². The molecule has 0 amide bonds. The van der Waals surface area contributed by atoms with Gasteiger partial charge in [0, 0.05) is 12.2 Å². The zero-order valence-electron chi connectivity index (χ0n) is 6.02. The minimum atomic E-state index is 0.271. The van der Waals surface area contributed by atoms with Crippen LogP contribution in [-0.4, -0.2) is 0 Å². The second-order valence-electron chi connectivity index (χ2n) is 2.38. The molecule has 0 aliphatic carbocycles. The summed E-state index contributed by atoms with van der Waals surface area (Å²) >= 11 is 0. The summed E-state index contributed by atoms with van der Waals surface area (Å²) in [7, 11) is 0. The number of rotatable bonds is 1. The Morgan fingerprint density at radius 1 is 1.50 bits per heavy atom. The summed E-state index contributed by atoms with van der Waals surface area (Å²) in [4.78, 5) is 0. The largest absolute Gasteiger partial charge is 0.398 e. The average Bonchev–Trinajstić information content (AvgIpc) is 1.94. The molecule has 0 unspecified atom stereocenters. The maximum absolute atomic E-state index is 7.10. The minimum absolute atomic E-state index is 0.271. The Hall–Kier alpha value is -1.02. The van der Waals surface area contributed by atoms with Crippen LogP contribution in [0.5, 0.6) is 0 Å². The summed E-state index contributed by atoms with van der Waals surface area (Å²) in [6, 6.07) is 5.75. The summed E-state index contributed by atoms with van der Waals surface area (Å²) < 4.78 is 0. The van der Waals surface area contributed by atoms with Crippen LogP contribution >= 0.6 is 0 Å². The van der Waals surface area contributed by atoms with Gasteiger partial charge in [0.25, 0.3) is 0 Å². The number of nitrogens with one attached hydrogen (secondary N) is 1. The molecule has 2 nitrogen and oxygen atoms in total. The van der Waals surface area contributed by atoms with E-state index in [4.69, 9.17) is 11.5 Å². The molecule has 1 radical (unpaired) electrons. The normalized spacial score (nSPS) is 9.80. The molecule has 3 N–H and O–H groups in total. The Labute approximate surface area is 60.8 Å². The zero-order valence-corrected chi connectivity index (χ0v) is 6.02. The lowest BCUT2D eigenvalue weighted by atomic mass is 10.1. The number of benzene rings is 1. The van der Waals surface area contributed by atoms with Gasteiger partial charge in [-0.05, 0) is 18.6 Å². The fourth-order valence-corrected chi connectivity index (χ4v) is 0.888. The Balaban J connectivity index is 3.09. The highest BCUT2D eigenvalue weighted by Crippen LogP contribution is 2.12. The predicted octanol–water partition coefficient (Wildman–Crippen LogP) is 1.36. The minimum Gasteiger partial charge on any atom is -0.398 e. The molecule has 0 atom stereocenters. The van der Waals surface area contributed by atoms with E-state index in [-0.39, 0.29) is 6.54 Å². The zero-order chi connectivity index (χ0) is 7.56. The van der Waals surface area contributed by atoms with Crippen LogP contribution in [0.2, 0.25) is 0 Å². The highest BCUT2D eigenvalue weighted by atomic mass is 14.6. The average molecular weight is 135 g/mol. The molecule has 0 saturated heterocycles. The highest BCUT2D eigenvalue weighted by Gasteiger charge is 1.94. The second-order valence-corrected chi connectivity index (χ2v) is 2.38. The van der Waals surface area contributed by atoms with Crippen molar-refractivity contribution in [3.8, 4) is 0 Å². The Kier molecular flexibility index (Phi) is 1.92. The molecule has 1 aromatic carbocycles. The summed E-state index contributed by atoms with van der Waals surface area (Å²) in [6.07, 6.45) is 0. The lowest BCUT2D eigenvalue weighted by molar-refractivity contribution is 1.03. The van der Waals surface area contributed by atoms with Crippen LogP contribution in [0.1, 0.15) is 11.1 Å². The van der Waals surface area contributed by atoms with Crippen molar-refractivity contribution in [3.05, 3.63) is 29.3 Å². The molecule has 0 bridgehead atoms. The molecule has 1 rings (SSSR count). The van der Waals surface area contributed by atoms with E-state index in [2.05, 4.69) is 0 Å². The summed E-state index contributed by atoms with van der Waals surface area (Å²) in [5.74, 6) is 0. The molecule has 10 heavy (non-hydrogen) atoms. The molecule has 0 aliphatic rings. The molecule has 0 heterocycles. The van der Waals surface area contributed by atoms with Gasteiger partial charge >= 0.3 is 0 Å². The molecule has 2 heteroatoms. The van der Waals surface area contributed by atoms with E-state index in [1.165, 1.54) is 0 Å². The van der Waals surface area contributed by atoms with Gasteiger partial charge in [-0.3, -0.25) is 5.73 Å². The fraction of sp³-hybridized carbons (Fsp3) is 0.250. The molecule has 1 aromatic rings. The van der Waals surface area contributed by atoms with Gasteiger partial charge in [-0.15, -0.1) is 0 Å². The van der Waals surface area contributed by atoms with Crippen LogP contribution in [0.3, 0.4) is 0 Å². The van der Waals surface area contributed by atoms with Crippen molar-refractivity contribution < 1.29 is 0 Å². The number of nitrogen functional groups attached to an aromatic ring is 1. The number of nitrogens with two attached hydrogens (primary N) is 1. The molecular formula is C8H11N2. The Bertz CT molecular complexity index is 231. The molecule has 0 aromatic heterocycles. The third-order valence-electron chi connectivity index (χ3n) is 1.49. The highest BCUT2D eigenvalue weighted by molar-refractivity contribution is 5.48.